The Morgan fingerprint density at radius 2 is 2.06 bits per heavy atom. The van der Waals surface area contributed by atoms with Crippen LogP contribution in [0.3, 0.4) is 0 Å². The fourth-order valence-corrected chi connectivity index (χ4v) is 2.03. The van der Waals surface area contributed by atoms with Crippen LogP contribution >= 0.6 is 24.8 Å². The minimum Gasteiger partial charge on any atom is -0.478 e. The third kappa shape index (κ3) is 2.60. The molecule has 0 radical (unpaired) electrons. The monoisotopic (exact) mass is 278 g/mol. The van der Waals surface area contributed by atoms with Crippen molar-refractivity contribution < 1.29 is 9.90 Å². The van der Waals surface area contributed by atoms with Crippen molar-refractivity contribution in [1.82, 2.24) is 9.55 Å². The predicted molar refractivity (Wildman–Crippen MR) is 75.4 cm³/mol. The standard InChI is InChI=1S/C12H10N2O2S2/c15-12(16)9-3-1-8(2-4-9)10(17)11(18)14-6-5-13-7-14/h1-7,10,17H,(H,15,16). The molecule has 0 bridgehead atoms. The summed E-state index contributed by atoms with van der Waals surface area (Å²) in [6, 6.07) is 6.50. The van der Waals surface area contributed by atoms with Gasteiger partial charge in [-0.05, 0) is 17.7 Å². The number of carbonyl (C=O) groups is 1. The molecule has 2 aromatic rings. The fraction of sp³-hybridized carbons (Fsp3) is 0.0833. The molecule has 0 saturated carbocycles. The van der Waals surface area contributed by atoms with E-state index >= 15 is 0 Å². The van der Waals surface area contributed by atoms with Crippen LogP contribution in [0, 0.1) is 0 Å². The lowest BCUT2D eigenvalue weighted by molar-refractivity contribution is 0.0697. The highest BCUT2D eigenvalue weighted by atomic mass is 32.1. The molecule has 0 aliphatic heterocycles. The van der Waals surface area contributed by atoms with Crippen molar-refractivity contribution in [3.63, 3.8) is 0 Å². The third-order valence-corrected chi connectivity index (χ3v) is 3.63. The Morgan fingerprint density at radius 1 is 1.39 bits per heavy atom. The van der Waals surface area contributed by atoms with Crippen molar-refractivity contribution >= 4 is 35.8 Å². The number of thiol groups is 1. The topological polar surface area (TPSA) is 55.1 Å². The Bertz CT molecular complexity index is 564. The van der Waals surface area contributed by atoms with E-state index in [4.69, 9.17) is 17.3 Å². The lowest BCUT2D eigenvalue weighted by Crippen LogP contribution is -2.13. The van der Waals surface area contributed by atoms with Crippen LogP contribution in [-0.4, -0.2) is 25.6 Å². The fourth-order valence-electron chi connectivity index (χ4n) is 1.48. The average Bonchev–Trinajstić information content (AvgIpc) is 2.91. The summed E-state index contributed by atoms with van der Waals surface area (Å²) < 4.78 is 1.71. The maximum atomic E-state index is 10.7. The maximum Gasteiger partial charge on any atom is 0.335 e. The number of aromatic carboxylic acids is 1. The van der Waals surface area contributed by atoms with E-state index in [0.717, 1.165) is 5.56 Å². The molecule has 18 heavy (non-hydrogen) atoms. The minimum absolute atomic E-state index is 0.243. The second kappa shape index (κ2) is 5.32. The molecule has 0 saturated heterocycles. The number of thiocarbonyl (C=S) groups is 1. The molecule has 4 nitrogen and oxygen atoms in total. The van der Waals surface area contributed by atoms with Crippen molar-refractivity contribution in [3.05, 3.63) is 54.1 Å². The Hall–Kier alpha value is -1.66. The number of carboxylic acid groups (broad SMARTS) is 1. The summed E-state index contributed by atoms with van der Waals surface area (Å²) >= 11 is 9.74. The lowest BCUT2D eigenvalue weighted by atomic mass is 10.1. The quantitative estimate of drug-likeness (QED) is 0.669. The largest absolute Gasteiger partial charge is 0.478 e. The van der Waals surface area contributed by atoms with E-state index in [1.807, 2.05) is 0 Å². The number of rotatable bonds is 3. The van der Waals surface area contributed by atoms with Crippen LogP contribution in [-0.2, 0) is 0 Å². The van der Waals surface area contributed by atoms with Crippen LogP contribution in [0.15, 0.2) is 43.0 Å². The molecule has 1 N–H and O–H groups in total. The zero-order valence-electron chi connectivity index (χ0n) is 9.22. The van der Waals surface area contributed by atoms with E-state index < -0.39 is 5.97 Å². The van der Waals surface area contributed by atoms with Gasteiger partial charge >= 0.3 is 5.97 Å². The Kier molecular flexibility index (Phi) is 3.78. The Balaban J connectivity index is 2.21. The number of aromatic nitrogens is 2. The smallest absolute Gasteiger partial charge is 0.335 e. The molecule has 1 atom stereocenters. The normalized spacial score (nSPS) is 12.1. The molecule has 1 heterocycles. The summed E-state index contributed by atoms with van der Waals surface area (Å²) in [6.45, 7) is 0. The molecule has 0 aliphatic carbocycles. The molecule has 92 valence electrons. The highest BCUT2D eigenvalue weighted by Gasteiger charge is 2.14. The van der Waals surface area contributed by atoms with Gasteiger partial charge in [0, 0.05) is 12.4 Å². The number of carboxylic acids is 1. The van der Waals surface area contributed by atoms with E-state index in [0.29, 0.717) is 4.99 Å². The van der Waals surface area contributed by atoms with Crippen LogP contribution in [0.25, 0.3) is 0 Å². The van der Waals surface area contributed by atoms with Crippen LogP contribution in [0.1, 0.15) is 21.2 Å². The molecule has 2 rings (SSSR count). The van der Waals surface area contributed by atoms with E-state index in [-0.39, 0.29) is 10.8 Å². The molecule has 0 aliphatic rings. The zero-order valence-corrected chi connectivity index (χ0v) is 10.9. The van der Waals surface area contributed by atoms with Gasteiger partial charge in [-0.3, -0.25) is 4.57 Å². The molecule has 6 heteroatoms. The summed E-state index contributed by atoms with van der Waals surface area (Å²) in [5, 5.41) is 8.54. The van der Waals surface area contributed by atoms with Gasteiger partial charge in [-0.1, -0.05) is 24.4 Å². The number of hydrogen-bond acceptors (Lipinski definition) is 4. The van der Waals surface area contributed by atoms with E-state index in [9.17, 15) is 4.79 Å². The lowest BCUT2D eigenvalue weighted by Gasteiger charge is -2.13. The predicted octanol–water partition coefficient (Wildman–Crippen LogP) is 2.43. The van der Waals surface area contributed by atoms with Crippen LogP contribution in [0.4, 0.5) is 0 Å². The molecule has 1 unspecified atom stereocenters. The molecular weight excluding hydrogens is 268 g/mol. The summed E-state index contributed by atoms with van der Waals surface area (Å²) in [5.74, 6) is -0.950. The zero-order chi connectivity index (χ0) is 13.1. The molecular formula is C12H10N2O2S2. The van der Waals surface area contributed by atoms with Crippen LogP contribution < -0.4 is 0 Å². The average molecular weight is 278 g/mol. The molecule has 1 aromatic heterocycles. The van der Waals surface area contributed by atoms with Gasteiger partial charge in [-0.2, -0.15) is 12.6 Å². The van der Waals surface area contributed by atoms with E-state index in [2.05, 4.69) is 17.6 Å². The summed E-state index contributed by atoms with van der Waals surface area (Å²) in [5.41, 5.74) is 1.09. The number of nitrogens with zero attached hydrogens (tertiary/aromatic N) is 2. The Morgan fingerprint density at radius 3 is 2.56 bits per heavy atom. The molecule has 1 aromatic carbocycles. The second-order valence-electron chi connectivity index (χ2n) is 3.64. The summed E-state index contributed by atoms with van der Waals surface area (Å²) in [4.78, 5) is 15.3. The van der Waals surface area contributed by atoms with Gasteiger partial charge < -0.3 is 5.11 Å². The van der Waals surface area contributed by atoms with E-state index in [1.165, 1.54) is 12.1 Å². The van der Waals surface area contributed by atoms with Gasteiger partial charge in [0.05, 0.1) is 17.1 Å². The maximum absolute atomic E-state index is 10.7. The van der Waals surface area contributed by atoms with Crippen LogP contribution in [0.2, 0.25) is 0 Å². The Labute approximate surface area is 115 Å². The van der Waals surface area contributed by atoms with Crippen molar-refractivity contribution in [2.75, 3.05) is 0 Å². The number of benzene rings is 1. The van der Waals surface area contributed by atoms with Crippen molar-refractivity contribution in [3.8, 4) is 0 Å². The van der Waals surface area contributed by atoms with Gasteiger partial charge in [0.15, 0.2) is 0 Å². The number of imidazole rings is 1. The first-order valence-electron chi connectivity index (χ1n) is 5.13. The second-order valence-corrected chi connectivity index (χ2v) is 4.57. The van der Waals surface area contributed by atoms with Crippen molar-refractivity contribution in [1.29, 1.82) is 0 Å². The first-order chi connectivity index (χ1) is 8.59. The first-order valence-corrected chi connectivity index (χ1v) is 6.05. The van der Waals surface area contributed by atoms with Gasteiger partial charge in [-0.25, -0.2) is 9.78 Å². The van der Waals surface area contributed by atoms with Crippen molar-refractivity contribution in [2.45, 2.75) is 5.25 Å². The third-order valence-electron chi connectivity index (χ3n) is 2.47. The van der Waals surface area contributed by atoms with Crippen molar-refractivity contribution in [2.24, 2.45) is 0 Å². The summed E-state index contributed by atoms with van der Waals surface area (Å²) in [6.07, 6.45) is 4.99. The molecule has 0 fully saturated rings. The van der Waals surface area contributed by atoms with E-state index in [1.54, 1.807) is 35.4 Å². The SMILES string of the molecule is O=C(O)c1ccc(C(S)C(=S)n2ccnc2)cc1. The van der Waals surface area contributed by atoms with Crippen LogP contribution in [0.5, 0.6) is 0 Å². The van der Waals surface area contributed by atoms with Gasteiger partial charge in [0.2, 0.25) is 0 Å². The minimum atomic E-state index is -0.950. The highest BCUT2D eigenvalue weighted by molar-refractivity contribution is 7.86. The number of hydrogen-bond donors (Lipinski definition) is 2. The molecule has 0 amide bonds. The highest BCUT2D eigenvalue weighted by Crippen LogP contribution is 2.23. The van der Waals surface area contributed by atoms with Gasteiger partial charge in [0.25, 0.3) is 0 Å². The van der Waals surface area contributed by atoms with Gasteiger partial charge in [-0.15, -0.1) is 0 Å². The molecule has 0 spiro atoms. The first kappa shape index (κ1) is 12.8. The van der Waals surface area contributed by atoms with Gasteiger partial charge in [0.1, 0.15) is 4.99 Å². The summed E-state index contributed by atoms with van der Waals surface area (Å²) in [7, 11) is 0.